The molecule has 3 rings (SSSR count). The molecule has 7 heteroatoms. The van der Waals surface area contributed by atoms with Gasteiger partial charge in [0.2, 0.25) is 5.91 Å². The van der Waals surface area contributed by atoms with Crippen LogP contribution in [0.25, 0.3) is 0 Å². The second-order valence-electron chi connectivity index (χ2n) is 6.63. The van der Waals surface area contributed by atoms with E-state index in [9.17, 15) is 19.7 Å². The first kappa shape index (κ1) is 16.4. The normalized spacial score (nSPS) is 23.0. The Bertz CT molecular complexity index is 671. The predicted molar refractivity (Wildman–Crippen MR) is 85.1 cm³/mol. The van der Waals surface area contributed by atoms with Crippen molar-refractivity contribution < 1.29 is 19.6 Å². The molecule has 2 fully saturated rings. The van der Waals surface area contributed by atoms with Crippen molar-refractivity contribution in [3.63, 3.8) is 0 Å². The van der Waals surface area contributed by atoms with Crippen LogP contribution < -0.4 is 0 Å². The van der Waals surface area contributed by atoms with Crippen LogP contribution >= 0.6 is 0 Å². The van der Waals surface area contributed by atoms with Crippen molar-refractivity contribution in [2.75, 3.05) is 0 Å². The Morgan fingerprint density at radius 2 is 1.83 bits per heavy atom. The van der Waals surface area contributed by atoms with Crippen molar-refractivity contribution >= 4 is 17.6 Å². The molecule has 0 aliphatic heterocycles. The number of carbonyl (C=O) groups is 2. The third-order valence-electron chi connectivity index (χ3n) is 4.93. The molecule has 2 aliphatic carbocycles. The molecule has 2 aliphatic rings. The van der Waals surface area contributed by atoms with Crippen LogP contribution in [-0.4, -0.2) is 32.8 Å². The van der Waals surface area contributed by atoms with Crippen LogP contribution in [0.1, 0.15) is 37.7 Å². The molecule has 0 spiro atoms. The molecule has 0 unspecified atom stereocenters. The first-order chi connectivity index (χ1) is 11.5. The van der Waals surface area contributed by atoms with Gasteiger partial charge in [-0.05, 0) is 32.1 Å². The van der Waals surface area contributed by atoms with Crippen molar-refractivity contribution in [3.05, 3.63) is 39.9 Å². The molecule has 1 aromatic rings. The molecule has 24 heavy (non-hydrogen) atoms. The van der Waals surface area contributed by atoms with Gasteiger partial charge in [0.25, 0.3) is 5.69 Å². The smallest absolute Gasteiger partial charge is 0.306 e. The van der Waals surface area contributed by atoms with Crippen LogP contribution in [0.5, 0.6) is 0 Å². The van der Waals surface area contributed by atoms with Crippen LogP contribution in [0, 0.1) is 22.0 Å². The Kier molecular flexibility index (Phi) is 4.51. The van der Waals surface area contributed by atoms with Crippen molar-refractivity contribution in [2.24, 2.45) is 11.8 Å². The largest absolute Gasteiger partial charge is 0.481 e. The third-order valence-corrected chi connectivity index (χ3v) is 4.93. The molecule has 2 saturated carbocycles. The van der Waals surface area contributed by atoms with E-state index >= 15 is 0 Å². The number of hydrogen-bond acceptors (Lipinski definition) is 4. The fourth-order valence-corrected chi connectivity index (χ4v) is 3.44. The Morgan fingerprint density at radius 3 is 2.42 bits per heavy atom. The van der Waals surface area contributed by atoms with E-state index in [1.165, 1.54) is 6.07 Å². The van der Waals surface area contributed by atoms with Gasteiger partial charge in [-0.25, -0.2) is 0 Å². The maximum atomic E-state index is 12.8. The highest BCUT2D eigenvalue weighted by molar-refractivity contribution is 5.81. The summed E-state index contributed by atoms with van der Waals surface area (Å²) in [7, 11) is 0. The molecule has 0 bridgehead atoms. The van der Waals surface area contributed by atoms with Gasteiger partial charge >= 0.3 is 5.97 Å². The van der Waals surface area contributed by atoms with Gasteiger partial charge in [-0.3, -0.25) is 19.7 Å². The molecule has 1 amide bonds. The number of aliphatic carboxylic acids is 1. The quantitative estimate of drug-likeness (QED) is 0.637. The fourth-order valence-electron chi connectivity index (χ4n) is 3.44. The second kappa shape index (κ2) is 6.59. The molecule has 1 aromatic carbocycles. The van der Waals surface area contributed by atoms with E-state index in [1.54, 1.807) is 23.1 Å². The van der Waals surface area contributed by atoms with Gasteiger partial charge in [0.15, 0.2) is 0 Å². The summed E-state index contributed by atoms with van der Waals surface area (Å²) < 4.78 is 0. The number of nitrogens with zero attached hydrogens (tertiary/aromatic N) is 2. The van der Waals surface area contributed by atoms with Crippen molar-refractivity contribution in [1.82, 2.24) is 4.90 Å². The van der Waals surface area contributed by atoms with Crippen LogP contribution in [0.3, 0.4) is 0 Å². The number of hydrogen-bond donors (Lipinski definition) is 1. The van der Waals surface area contributed by atoms with Gasteiger partial charge in [0.1, 0.15) is 0 Å². The van der Waals surface area contributed by atoms with E-state index in [4.69, 9.17) is 5.11 Å². The van der Waals surface area contributed by atoms with E-state index in [0.29, 0.717) is 24.8 Å². The molecule has 128 valence electrons. The molecule has 0 saturated heterocycles. The van der Waals surface area contributed by atoms with Crippen LogP contribution in [0.2, 0.25) is 0 Å². The maximum absolute atomic E-state index is 12.8. The standard InChI is InChI=1S/C17H20N2O5/c20-16(11-5-6-12(9-11)17(21)22)18(14-7-8-14)10-13-3-1-2-4-15(13)19(23)24/h1-4,11-12,14H,5-10H2,(H,21,22)/t11-,12+/m0/s1. The summed E-state index contributed by atoms with van der Waals surface area (Å²) in [5, 5.41) is 20.3. The molecular weight excluding hydrogens is 312 g/mol. The molecule has 0 aromatic heterocycles. The SMILES string of the molecule is O=C(O)[C@@H]1CC[C@H](C(=O)N(Cc2ccccc2[N+](=O)[O-])C2CC2)C1. The first-order valence-electron chi connectivity index (χ1n) is 8.23. The minimum Gasteiger partial charge on any atom is -0.481 e. The lowest BCUT2D eigenvalue weighted by Crippen LogP contribution is -2.37. The maximum Gasteiger partial charge on any atom is 0.306 e. The zero-order valence-corrected chi connectivity index (χ0v) is 13.3. The van der Waals surface area contributed by atoms with Gasteiger partial charge in [-0.2, -0.15) is 0 Å². The zero-order valence-electron chi connectivity index (χ0n) is 13.3. The molecule has 7 nitrogen and oxygen atoms in total. The second-order valence-corrected chi connectivity index (χ2v) is 6.63. The average Bonchev–Trinajstić information content (AvgIpc) is 3.27. The molecule has 0 heterocycles. The Hall–Kier alpha value is -2.44. The summed E-state index contributed by atoms with van der Waals surface area (Å²) in [6.45, 7) is 0.217. The summed E-state index contributed by atoms with van der Waals surface area (Å²) in [4.78, 5) is 36.4. The number of carboxylic acid groups (broad SMARTS) is 1. The highest BCUT2D eigenvalue weighted by atomic mass is 16.6. The number of rotatable bonds is 6. The van der Waals surface area contributed by atoms with Gasteiger partial charge in [-0.1, -0.05) is 18.2 Å². The summed E-state index contributed by atoms with van der Waals surface area (Å²) in [5.74, 6) is -1.64. The number of carboxylic acids is 1. The summed E-state index contributed by atoms with van der Waals surface area (Å²) in [6.07, 6.45) is 3.28. The van der Waals surface area contributed by atoms with Crippen LogP contribution in [0.15, 0.2) is 24.3 Å². The van der Waals surface area contributed by atoms with E-state index in [-0.39, 0.29) is 30.1 Å². The average molecular weight is 332 g/mol. The Morgan fingerprint density at radius 1 is 1.17 bits per heavy atom. The van der Waals surface area contributed by atoms with Crippen LogP contribution in [-0.2, 0) is 16.1 Å². The van der Waals surface area contributed by atoms with E-state index < -0.39 is 16.8 Å². The topological polar surface area (TPSA) is 101 Å². The van der Waals surface area contributed by atoms with Crippen LogP contribution in [0.4, 0.5) is 5.69 Å². The van der Waals surface area contributed by atoms with Gasteiger partial charge < -0.3 is 10.0 Å². The highest BCUT2D eigenvalue weighted by Crippen LogP contribution is 2.37. The number of para-hydroxylation sites is 1. The minimum atomic E-state index is -0.845. The molecule has 0 radical (unpaired) electrons. The minimum absolute atomic E-state index is 0.0192. The molecule has 2 atom stereocenters. The number of amides is 1. The zero-order chi connectivity index (χ0) is 17.3. The Labute approximate surface area is 139 Å². The lowest BCUT2D eigenvalue weighted by atomic mass is 10.0. The van der Waals surface area contributed by atoms with Gasteiger partial charge in [0.05, 0.1) is 17.4 Å². The first-order valence-corrected chi connectivity index (χ1v) is 8.23. The summed E-state index contributed by atoms with van der Waals surface area (Å²) in [5.41, 5.74) is 0.543. The third kappa shape index (κ3) is 3.39. The summed E-state index contributed by atoms with van der Waals surface area (Å²) >= 11 is 0. The molecular formula is C17H20N2O5. The van der Waals surface area contributed by atoms with E-state index in [2.05, 4.69) is 0 Å². The Balaban J connectivity index is 1.75. The van der Waals surface area contributed by atoms with Crippen molar-refractivity contribution in [1.29, 1.82) is 0 Å². The lowest BCUT2D eigenvalue weighted by Gasteiger charge is -2.25. The molecule has 1 N–H and O–H groups in total. The van der Waals surface area contributed by atoms with E-state index in [0.717, 1.165) is 12.8 Å². The summed E-state index contributed by atoms with van der Waals surface area (Å²) in [6, 6.07) is 6.59. The van der Waals surface area contributed by atoms with E-state index in [1.807, 2.05) is 0 Å². The monoisotopic (exact) mass is 332 g/mol. The highest BCUT2D eigenvalue weighted by Gasteiger charge is 2.40. The predicted octanol–water partition coefficient (Wildman–Crippen LogP) is 2.59. The van der Waals surface area contributed by atoms with Crippen molar-refractivity contribution in [3.8, 4) is 0 Å². The number of benzene rings is 1. The van der Waals surface area contributed by atoms with Gasteiger partial charge in [-0.15, -0.1) is 0 Å². The number of carbonyl (C=O) groups excluding carboxylic acids is 1. The number of nitro groups is 1. The fraction of sp³-hybridized carbons (Fsp3) is 0.529. The van der Waals surface area contributed by atoms with Gasteiger partial charge in [0, 0.05) is 23.6 Å². The lowest BCUT2D eigenvalue weighted by molar-refractivity contribution is -0.385. The van der Waals surface area contributed by atoms with Crippen molar-refractivity contribution in [2.45, 2.75) is 44.7 Å². The number of nitro benzene ring substituents is 1.